The smallest absolute Gasteiger partial charge is 0.305 e. The van der Waals surface area contributed by atoms with E-state index >= 15 is 0 Å². The van der Waals surface area contributed by atoms with E-state index < -0.39 is 0 Å². The summed E-state index contributed by atoms with van der Waals surface area (Å²) in [6.45, 7) is 6.89. The highest BCUT2D eigenvalue weighted by Gasteiger charge is 2.32. The Morgan fingerprint density at radius 1 is 1.28 bits per heavy atom. The van der Waals surface area contributed by atoms with Crippen LogP contribution in [0.4, 0.5) is 0 Å². The van der Waals surface area contributed by atoms with Crippen molar-refractivity contribution in [2.24, 2.45) is 17.3 Å². The number of esters is 1. The molecule has 106 valence electrons. The molecule has 0 radical (unpaired) electrons. The van der Waals surface area contributed by atoms with E-state index in [1.807, 2.05) is 0 Å². The third kappa shape index (κ3) is 4.60. The molecule has 0 aliphatic heterocycles. The summed E-state index contributed by atoms with van der Waals surface area (Å²) in [6, 6.07) is 0. The van der Waals surface area contributed by atoms with Gasteiger partial charge in [0.05, 0.1) is 13.2 Å². The van der Waals surface area contributed by atoms with Crippen molar-refractivity contribution < 1.29 is 14.6 Å². The number of rotatable bonds is 4. The highest BCUT2D eigenvalue weighted by Crippen LogP contribution is 2.41. The third-order valence-corrected chi connectivity index (χ3v) is 4.41. The molecule has 3 nitrogen and oxygen atoms in total. The molecule has 1 fully saturated rings. The Balaban J connectivity index is 2.32. The van der Waals surface area contributed by atoms with Gasteiger partial charge in [-0.1, -0.05) is 20.8 Å². The summed E-state index contributed by atoms with van der Waals surface area (Å²) in [7, 11) is 1.39. The van der Waals surface area contributed by atoms with Gasteiger partial charge in [-0.25, -0.2) is 0 Å². The molecule has 0 aromatic heterocycles. The Bertz CT molecular complexity index is 259. The zero-order chi connectivity index (χ0) is 13.8. The SMILES string of the molecule is COC(=O)CCC(O)C1CCC(C(C)(C)C)CC1. The summed E-state index contributed by atoms with van der Waals surface area (Å²) < 4.78 is 4.60. The van der Waals surface area contributed by atoms with E-state index in [2.05, 4.69) is 25.5 Å². The number of ether oxygens (including phenoxy) is 1. The number of hydrogen-bond acceptors (Lipinski definition) is 3. The fourth-order valence-corrected chi connectivity index (χ4v) is 2.97. The molecular weight excluding hydrogens is 228 g/mol. The molecule has 1 saturated carbocycles. The second kappa shape index (κ2) is 6.55. The summed E-state index contributed by atoms with van der Waals surface area (Å²) >= 11 is 0. The van der Waals surface area contributed by atoms with Gasteiger partial charge in [0.2, 0.25) is 0 Å². The summed E-state index contributed by atoms with van der Waals surface area (Å²) in [5.74, 6) is 0.909. The van der Waals surface area contributed by atoms with Crippen LogP contribution < -0.4 is 0 Å². The topological polar surface area (TPSA) is 46.5 Å². The molecule has 1 rings (SSSR count). The molecule has 1 aliphatic rings. The van der Waals surface area contributed by atoms with Crippen molar-refractivity contribution in [2.75, 3.05) is 7.11 Å². The van der Waals surface area contributed by atoms with Crippen LogP contribution in [0.3, 0.4) is 0 Å². The Morgan fingerprint density at radius 2 is 1.83 bits per heavy atom. The van der Waals surface area contributed by atoms with Crippen molar-refractivity contribution in [2.45, 2.75) is 65.4 Å². The monoisotopic (exact) mass is 256 g/mol. The van der Waals surface area contributed by atoms with E-state index in [4.69, 9.17) is 0 Å². The molecule has 1 aliphatic carbocycles. The van der Waals surface area contributed by atoms with E-state index in [9.17, 15) is 9.90 Å². The lowest BCUT2D eigenvalue weighted by molar-refractivity contribution is -0.141. The first kappa shape index (κ1) is 15.5. The van der Waals surface area contributed by atoms with Gasteiger partial charge < -0.3 is 9.84 Å². The summed E-state index contributed by atoms with van der Waals surface area (Å²) in [4.78, 5) is 11.0. The van der Waals surface area contributed by atoms with Gasteiger partial charge in [-0.2, -0.15) is 0 Å². The fourth-order valence-electron chi connectivity index (χ4n) is 2.97. The van der Waals surface area contributed by atoms with E-state index in [-0.39, 0.29) is 12.1 Å². The van der Waals surface area contributed by atoms with Gasteiger partial charge in [0, 0.05) is 6.42 Å². The Kier molecular flexibility index (Phi) is 5.64. The maximum Gasteiger partial charge on any atom is 0.305 e. The first-order valence-electron chi connectivity index (χ1n) is 7.09. The van der Waals surface area contributed by atoms with Crippen LogP contribution in [-0.2, 0) is 9.53 Å². The minimum Gasteiger partial charge on any atom is -0.469 e. The van der Waals surface area contributed by atoms with Crippen molar-refractivity contribution in [1.82, 2.24) is 0 Å². The molecule has 1 atom stereocenters. The molecule has 0 spiro atoms. The third-order valence-electron chi connectivity index (χ3n) is 4.41. The van der Waals surface area contributed by atoms with Gasteiger partial charge in [0.25, 0.3) is 0 Å². The Morgan fingerprint density at radius 3 is 2.28 bits per heavy atom. The van der Waals surface area contributed by atoms with E-state index in [1.165, 1.54) is 20.0 Å². The molecule has 0 heterocycles. The molecule has 18 heavy (non-hydrogen) atoms. The predicted molar refractivity (Wildman–Crippen MR) is 72.2 cm³/mol. The lowest BCUT2D eigenvalue weighted by atomic mass is 9.68. The van der Waals surface area contributed by atoms with Gasteiger partial charge in [-0.3, -0.25) is 4.79 Å². The predicted octanol–water partition coefficient (Wildman–Crippen LogP) is 3.15. The molecular formula is C15H28O3. The quantitative estimate of drug-likeness (QED) is 0.786. The molecule has 0 bridgehead atoms. The van der Waals surface area contributed by atoms with E-state index in [0.717, 1.165) is 18.8 Å². The average molecular weight is 256 g/mol. The van der Waals surface area contributed by atoms with Gasteiger partial charge in [-0.05, 0) is 49.4 Å². The first-order chi connectivity index (χ1) is 8.34. The van der Waals surface area contributed by atoms with Crippen LogP contribution in [0, 0.1) is 17.3 Å². The van der Waals surface area contributed by atoms with Crippen LogP contribution in [0.1, 0.15) is 59.3 Å². The maximum absolute atomic E-state index is 11.0. The van der Waals surface area contributed by atoms with Crippen molar-refractivity contribution in [1.29, 1.82) is 0 Å². The standard InChI is InChI=1S/C15H28O3/c1-15(2,3)12-7-5-11(6-8-12)13(16)9-10-14(17)18-4/h11-13,16H,5-10H2,1-4H3. The normalized spacial score (nSPS) is 26.7. The van der Waals surface area contributed by atoms with E-state index in [0.29, 0.717) is 24.2 Å². The van der Waals surface area contributed by atoms with Crippen LogP contribution >= 0.6 is 0 Å². The van der Waals surface area contributed by atoms with Crippen LogP contribution in [0.2, 0.25) is 0 Å². The number of methoxy groups -OCH3 is 1. The van der Waals surface area contributed by atoms with Crippen molar-refractivity contribution in [3.63, 3.8) is 0 Å². The molecule has 0 saturated heterocycles. The fraction of sp³-hybridized carbons (Fsp3) is 0.933. The maximum atomic E-state index is 11.0. The molecule has 1 unspecified atom stereocenters. The number of aliphatic hydroxyl groups excluding tert-OH is 1. The second-order valence-electron chi connectivity index (χ2n) is 6.66. The zero-order valence-electron chi connectivity index (χ0n) is 12.2. The highest BCUT2D eigenvalue weighted by molar-refractivity contribution is 5.69. The average Bonchev–Trinajstić information content (AvgIpc) is 2.34. The number of carbonyl (C=O) groups excluding carboxylic acids is 1. The van der Waals surface area contributed by atoms with Gasteiger partial charge in [0.1, 0.15) is 0 Å². The summed E-state index contributed by atoms with van der Waals surface area (Å²) in [5, 5.41) is 10.1. The molecule has 1 N–H and O–H groups in total. The van der Waals surface area contributed by atoms with Crippen molar-refractivity contribution in [3.8, 4) is 0 Å². The van der Waals surface area contributed by atoms with E-state index in [1.54, 1.807) is 0 Å². The van der Waals surface area contributed by atoms with Gasteiger partial charge in [0.15, 0.2) is 0 Å². The number of carbonyl (C=O) groups is 1. The second-order valence-corrected chi connectivity index (χ2v) is 6.66. The highest BCUT2D eigenvalue weighted by atomic mass is 16.5. The first-order valence-corrected chi connectivity index (χ1v) is 7.09. The molecule has 3 heteroatoms. The Hall–Kier alpha value is -0.570. The molecule has 0 aromatic rings. The lowest BCUT2D eigenvalue weighted by Crippen LogP contribution is -2.31. The number of aliphatic hydroxyl groups is 1. The minimum atomic E-state index is -0.343. The largest absolute Gasteiger partial charge is 0.469 e. The van der Waals surface area contributed by atoms with Gasteiger partial charge in [-0.15, -0.1) is 0 Å². The Labute approximate surface area is 111 Å². The minimum absolute atomic E-state index is 0.225. The van der Waals surface area contributed by atoms with Crippen LogP contribution in [0.15, 0.2) is 0 Å². The van der Waals surface area contributed by atoms with Crippen LogP contribution in [0.25, 0.3) is 0 Å². The number of hydrogen-bond donors (Lipinski definition) is 1. The lowest BCUT2D eigenvalue weighted by Gasteiger charge is -2.38. The van der Waals surface area contributed by atoms with Crippen LogP contribution in [-0.4, -0.2) is 24.3 Å². The molecule has 0 aromatic carbocycles. The van der Waals surface area contributed by atoms with Gasteiger partial charge >= 0.3 is 5.97 Å². The van der Waals surface area contributed by atoms with Crippen molar-refractivity contribution >= 4 is 5.97 Å². The zero-order valence-corrected chi connectivity index (χ0v) is 12.2. The summed E-state index contributed by atoms with van der Waals surface area (Å²) in [6.07, 6.45) is 5.10. The molecule has 0 amide bonds. The van der Waals surface area contributed by atoms with Crippen LogP contribution in [0.5, 0.6) is 0 Å². The summed E-state index contributed by atoms with van der Waals surface area (Å²) in [5.41, 5.74) is 0.377. The van der Waals surface area contributed by atoms with Crippen molar-refractivity contribution in [3.05, 3.63) is 0 Å².